The molecule has 0 radical (unpaired) electrons. The average Bonchev–Trinajstić information content (AvgIpc) is 3.45. The highest BCUT2D eigenvalue weighted by Crippen LogP contribution is 2.31. The molecule has 8 heteroatoms. The lowest BCUT2D eigenvalue weighted by Crippen LogP contribution is -2.22. The second kappa shape index (κ2) is 8.10. The van der Waals surface area contributed by atoms with Gasteiger partial charge in [0.1, 0.15) is 11.3 Å². The number of hydrogen-bond acceptors (Lipinski definition) is 7. The third-order valence-electron chi connectivity index (χ3n) is 4.78. The van der Waals surface area contributed by atoms with Crippen molar-refractivity contribution >= 4 is 23.7 Å². The van der Waals surface area contributed by atoms with E-state index < -0.39 is 5.97 Å². The van der Waals surface area contributed by atoms with Gasteiger partial charge >= 0.3 is 5.97 Å². The van der Waals surface area contributed by atoms with Crippen LogP contribution in [0.15, 0.2) is 46.2 Å². The van der Waals surface area contributed by atoms with Gasteiger partial charge in [-0.3, -0.25) is 4.57 Å². The van der Waals surface area contributed by atoms with E-state index in [0.717, 1.165) is 42.7 Å². The van der Waals surface area contributed by atoms with Crippen LogP contribution in [0.3, 0.4) is 0 Å². The predicted molar refractivity (Wildman–Crippen MR) is 107 cm³/mol. The van der Waals surface area contributed by atoms with E-state index in [-0.39, 0.29) is 0 Å². The van der Waals surface area contributed by atoms with Crippen LogP contribution in [0, 0.1) is 6.92 Å². The first-order valence-electron chi connectivity index (χ1n) is 9.22. The van der Waals surface area contributed by atoms with Crippen LogP contribution in [0.2, 0.25) is 0 Å². The fourth-order valence-corrected chi connectivity index (χ4v) is 4.17. The van der Waals surface area contributed by atoms with E-state index in [1.165, 1.54) is 30.7 Å². The maximum absolute atomic E-state index is 11.9. The average molecular weight is 398 g/mol. The van der Waals surface area contributed by atoms with Gasteiger partial charge in [-0.2, -0.15) is 0 Å². The summed E-state index contributed by atoms with van der Waals surface area (Å²) in [6.07, 6.45) is 3.83. The second-order valence-electron chi connectivity index (χ2n) is 6.69. The fourth-order valence-electron chi connectivity index (χ4n) is 3.27. The Morgan fingerprint density at radius 3 is 2.64 bits per heavy atom. The minimum Gasteiger partial charge on any atom is -0.468 e. The van der Waals surface area contributed by atoms with Crippen LogP contribution in [-0.2, 0) is 10.5 Å². The van der Waals surface area contributed by atoms with Crippen molar-refractivity contribution in [3.8, 4) is 5.69 Å². The molecule has 0 atom stereocenters. The lowest BCUT2D eigenvalue weighted by molar-refractivity contribution is 0.0598. The molecule has 0 aliphatic carbocycles. The summed E-state index contributed by atoms with van der Waals surface area (Å²) < 4.78 is 12.4. The number of ether oxygens (including phenoxy) is 1. The van der Waals surface area contributed by atoms with Crippen LogP contribution in [0.4, 0.5) is 5.95 Å². The van der Waals surface area contributed by atoms with E-state index in [1.807, 2.05) is 0 Å². The van der Waals surface area contributed by atoms with Crippen molar-refractivity contribution in [2.24, 2.45) is 0 Å². The van der Waals surface area contributed by atoms with Crippen molar-refractivity contribution in [3.05, 3.63) is 53.5 Å². The van der Waals surface area contributed by atoms with Gasteiger partial charge in [0.2, 0.25) is 5.95 Å². The number of benzene rings is 1. The van der Waals surface area contributed by atoms with E-state index in [0.29, 0.717) is 17.1 Å². The van der Waals surface area contributed by atoms with Gasteiger partial charge in [-0.1, -0.05) is 29.5 Å². The Labute approximate surface area is 167 Å². The smallest absolute Gasteiger partial charge is 0.341 e. The summed E-state index contributed by atoms with van der Waals surface area (Å²) in [5.41, 5.74) is 2.66. The molecule has 1 aliphatic rings. The Morgan fingerprint density at radius 1 is 1.18 bits per heavy atom. The number of rotatable bonds is 6. The molecule has 0 unspecified atom stereocenters. The Balaban J connectivity index is 1.64. The maximum Gasteiger partial charge on any atom is 0.341 e. The zero-order valence-corrected chi connectivity index (χ0v) is 16.7. The van der Waals surface area contributed by atoms with Gasteiger partial charge in [0, 0.05) is 13.1 Å². The molecule has 1 aliphatic heterocycles. The van der Waals surface area contributed by atoms with Crippen LogP contribution in [0.1, 0.15) is 34.5 Å². The number of anilines is 1. The van der Waals surface area contributed by atoms with Gasteiger partial charge in [0.15, 0.2) is 5.16 Å². The van der Waals surface area contributed by atoms with E-state index in [2.05, 4.69) is 50.9 Å². The van der Waals surface area contributed by atoms with Crippen LogP contribution in [-0.4, -0.2) is 40.9 Å². The summed E-state index contributed by atoms with van der Waals surface area (Å²) in [7, 11) is 1.36. The summed E-state index contributed by atoms with van der Waals surface area (Å²) in [6, 6.07) is 9.95. The monoisotopic (exact) mass is 398 g/mol. The highest BCUT2D eigenvalue weighted by Gasteiger charge is 2.23. The number of methoxy groups -OCH3 is 1. The molecular weight excluding hydrogens is 376 g/mol. The number of aryl methyl sites for hydroxylation is 1. The van der Waals surface area contributed by atoms with Crippen molar-refractivity contribution in [3.63, 3.8) is 0 Å². The Kier molecular flexibility index (Phi) is 5.38. The first-order valence-corrected chi connectivity index (χ1v) is 10.2. The first kappa shape index (κ1) is 18.6. The van der Waals surface area contributed by atoms with Crippen LogP contribution < -0.4 is 4.90 Å². The normalized spacial score (nSPS) is 13.9. The molecule has 1 aromatic carbocycles. The van der Waals surface area contributed by atoms with Gasteiger partial charge in [-0.15, -0.1) is 10.2 Å². The minimum atomic E-state index is -0.401. The number of aromatic nitrogens is 3. The van der Waals surface area contributed by atoms with Gasteiger partial charge in [-0.05, 0) is 38.0 Å². The summed E-state index contributed by atoms with van der Waals surface area (Å²) in [6.45, 7) is 4.04. The quantitative estimate of drug-likeness (QED) is 0.461. The predicted octanol–water partition coefficient (Wildman–Crippen LogP) is 3.85. The molecule has 146 valence electrons. The van der Waals surface area contributed by atoms with E-state index in [9.17, 15) is 4.79 Å². The lowest BCUT2D eigenvalue weighted by atomic mass is 10.2. The van der Waals surface area contributed by atoms with Crippen LogP contribution in [0.5, 0.6) is 0 Å². The summed E-state index contributed by atoms with van der Waals surface area (Å²) in [5.74, 6) is 1.48. The number of hydrogen-bond donors (Lipinski definition) is 0. The van der Waals surface area contributed by atoms with Crippen molar-refractivity contribution in [1.29, 1.82) is 0 Å². The standard InChI is InChI=1S/C20H22N4O3S/c1-14-5-7-15(8-6-14)24-19(23-10-3-4-11-23)21-22-20(24)28-13-17-16(9-12-27-17)18(25)26-2/h5-9,12H,3-4,10-11,13H2,1-2H3. The molecule has 2 aromatic heterocycles. The molecule has 0 N–H and O–H groups in total. The molecule has 0 spiro atoms. The van der Waals surface area contributed by atoms with E-state index in [4.69, 9.17) is 9.15 Å². The first-order chi connectivity index (χ1) is 13.7. The van der Waals surface area contributed by atoms with E-state index in [1.54, 1.807) is 6.07 Å². The third-order valence-corrected chi connectivity index (χ3v) is 5.71. The molecule has 0 saturated carbocycles. The Bertz CT molecular complexity index is 958. The molecule has 0 amide bonds. The zero-order chi connectivity index (χ0) is 19.5. The largest absolute Gasteiger partial charge is 0.468 e. The van der Waals surface area contributed by atoms with Crippen molar-refractivity contribution in [2.75, 3.05) is 25.1 Å². The number of furan rings is 1. The number of thioether (sulfide) groups is 1. The van der Waals surface area contributed by atoms with Gasteiger partial charge in [-0.25, -0.2) is 4.79 Å². The molecular formula is C20H22N4O3S. The topological polar surface area (TPSA) is 73.4 Å². The van der Waals surface area contributed by atoms with Crippen molar-refractivity contribution < 1.29 is 13.9 Å². The highest BCUT2D eigenvalue weighted by molar-refractivity contribution is 7.98. The van der Waals surface area contributed by atoms with E-state index >= 15 is 0 Å². The third kappa shape index (κ3) is 3.64. The molecule has 7 nitrogen and oxygen atoms in total. The number of carbonyl (C=O) groups is 1. The zero-order valence-electron chi connectivity index (χ0n) is 15.9. The molecule has 0 bridgehead atoms. The number of esters is 1. The second-order valence-corrected chi connectivity index (χ2v) is 7.63. The van der Waals surface area contributed by atoms with Crippen molar-refractivity contribution in [2.45, 2.75) is 30.7 Å². The summed E-state index contributed by atoms with van der Waals surface area (Å²) in [4.78, 5) is 14.1. The highest BCUT2D eigenvalue weighted by atomic mass is 32.2. The summed E-state index contributed by atoms with van der Waals surface area (Å²) in [5, 5.41) is 9.66. The fraction of sp³-hybridized carbons (Fsp3) is 0.350. The maximum atomic E-state index is 11.9. The number of carbonyl (C=O) groups excluding carboxylic acids is 1. The van der Waals surface area contributed by atoms with Crippen LogP contribution in [0.25, 0.3) is 5.69 Å². The van der Waals surface area contributed by atoms with Crippen LogP contribution >= 0.6 is 11.8 Å². The molecule has 3 heterocycles. The molecule has 3 aromatic rings. The molecule has 1 saturated heterocycles. The van der Waals surface area contributed by atoms with Gasteiger partial charge in [0.05, 0.1) is 24.8 Å². The minimum absolute atomic E-state index is 0.401. The van der Waals surface area contributed by atoms with Crippen molar-refractivity contribution in [1.82, 2.24) is 14.8 Å². The van der Waals surface area contributed by atoms with Gasteiger partial charge < -0.3 is 14.1 Å². The lowest BCUT2D eigenvalue weighted by Gasteiger charge is -2.18. The Morgan fingerprint density at radius 2 is 1.93 bits per heavy atom. The van der Waals surface area contributed by atoms with Gasteiger partial charge in [0.25, 0.3) is 0 Å². The SMILES string of the molecule is COC(=O)c1ccoc1CSc1nnc(N2CCCC2)n1-c1ccc(C)cc1. The summed E-state index contributed by atoms with van der Waals surface area (Å²) >= 11 is 1.49. The number of nitrogens with zero attached hydrogens (tertiary/aromatic N) is 4. The molecule has 28 heavy (non-hydrogen) atoms. The molecule has 1 fully saturated rings. The Hall–Kier alpha value is -2.74. The molecule has 4 rings (SSSR count).